The van der Waals surface area contributed by atoms with Crippen molar-refractivity contribution in [2.24, 2.45) is 0 Å². The minimum absolute atomic E-state index is 0.335. The van der Waals surface area contributed by atoms with Crippen molar-refractivity contribution in [3.05, 3.63) is 0 Å². The summed E-state index contributed by atoms with van der Waals surface area (Å²) < 4.78 is 0. The molecule has 1 heterocycles. The second kappa shape index (κ2) is 7.69. The van der Waals surface area contributed by atoms with Crippen molar-refractivity contribution < 1.29 is 4.79 Å². The van der Waals surface area contributed by atoms with E-state index in [0.29, 0.717) is 5.91 Å². The molecule has 1 fully saturated rings. The molecule has 1 amide bonds. The highest BCUT2D eigenvalue weighted by molar-refractivity contribution is 5.76. The molecule has 1 aliphatic rings. The van der Waals surface area contributed by atoms with Crippen LogP contribution in [0.1, 0.15) is 45.4 Å². The number of carbonyl (C=O) groups excluding carboxylic acids is 1. The molecule has 87 valence electrons. The molecule has 0 aliphatic carbocycles. The predicted octanol–water partition coefficient (Wildman–Crippen LogP) is 1.79. The molecule has 0 aromatic heterocycles. The van der Waals surface area contributed by atoms with Crippen LogP contribution in [0.25, 0.3) is 0 Å². The van der Waals surface area contributed by atoms with Crippen molar-refractivity contribution in [3.8, 4) is 0 Å². The molecule has 1 aliphatic heterocycles. The first-order valence-electron chi connectivity index (χ1n) is 6.25. The van der Waals surface area contributed by atoms with Crippen molar-refractivity contribution in [1.29, 1.82) is 0 Å². The second-order valence-corrected chi connectivity index (χ2v) is 4.22. The van der Waals surface area contributed by atoms with Crippen LogP contribution in [0.15, 0.2) is 0 Å². The van der Waals surface area contributed by atoms with Crippen LogP contribution >= 0.6 is 0 Å². The van der Waals surface area contributed by atoms with Gasteiger partial charge in [-0.1, -0.05) is 32.6 Å². The molecule has 1 radical (unpaired) electrons. The highest BCUT2D eigenvalue weighted by Gasteiger charge is 2.15. The average molecular weight is 211 g/mol. The number of unbranched alkanes of at least 4 members (excludes halogenated alkanes) is 4. The predicted molar refractivity (Wildman–Crippen MR) is 61.8 cm³/mol. The van der Waals surface area contributed by atoms with Crippen molar-refractivity contribution in [2.45, 2.75) is 45.4 Å². The fourth-order valence-corrected chi connectivity index (χ4v) is 1.89. The number of amides is 1. The van der Waals surface area contributed by atoms with Gasteiger partial charge < -0.3 is 4.90 Å². The third-order valence-electron chi connectivity index (χ3n) is 2.90. The molecular formula is C12H23N2O. The Labute approximate surface area is 93.2 Å². The maximum Gasteiger partial charge on any atom is 0.222 e. The normalized spacial score (nSPS) is 16.7. The van der Waals surface area contributed by atoms with Gasteiger partial charge >= 0.3 is 0 Å². The van der Waals surface area contributed by atoms with Gasteiger partial charge in [0.1, 0.15) is 0 Å². The summed E-state index contributed by atoms with van der Waals surface area (Å²) in [6.45, 7) is 5.56. The highest BCUT2D eigenvalue weighted by Crippen LogP contribution is 2.07. The zero-order valence-electron chi connectivity index (χ0n) is 9.87. The van der Waals surface area contributed by atoms with E-state index in [1.54, 1.807) is 0 Å². The molecule has 0 unspecified atom stereocenters. The molecule has 0 atom stereocenters. The van der Waals surface area contributed by atoms with Gasteiger partial charge in [-0.25, -0.2) is 5.32 Å². The number of carbonyl (C=O) groups is 1. The van der Waals surface area contributed by atoms with E-state index in [-0.39, 0.29) is 0 Å². The topological polar surface area (TPSA) is 34.4 Å². The standard InChI is InChI=1S/C12H23N2O/c1-2-3-4-5-6-7-12(15)14-10-8-13-9-11-14/h2-11H2,1H3. The van der Waals surface area contributed by atoms with Gasteiger partial charge in [0.15, 0.2) is 0 Å². The van der Waals surface area contributed by atoms with Crippen LogP contribution < -0.4 is 5.32 Å². The van der Waals surface area contributed by atoms with Crippen LogP contribution in [0, 0.1) is 0 Å². The van der Waals surface area contributed by atoms with Gasteiger partial charge in [0.05, 0.1) is 0 Å². The molecule has 3 nitrogen and oxygen atoms in total. The fraction of sp³-hybridized carbons (Fsp3) is 0.917. The lowest BCUT2D eigenvalue weighted by Gasteiger charge is -2.26. The third-order valence-corrected chi connectivity index (χ3v) is 2.90. The zero-order chi connectivity index (χ0) is 10.9. The summed E-state index contributed by atoms with van der Waals surface area (Å²) in [4.78, 5) is 13.7. The largest absolute Gasteiger partial charge is 0.340 e. The number of hydrogen-bond acceptors (Lipinski definition) is 1. The Morgan fingerprint density at radius 3 is 2.47 bits per heavy atom. The Balaban J connectivity index is 2.02. The number of nitrogens with zero attached hydrogens (tertiary/aromatic N) is 2. The Hall–Kier alpha value is -0.570. The van der Waals surface area contributed by atoms with E-state index < -0.39 is 0 Å². The summed E-state index contributed by atoms with van der Waals surface area (Å²) in [5.41, 5.74) is 0. The van der Waals surface area contributed by atoms with Crippen molar-refractivity contribution in [3.63, 3.8) is 0 Å². The van der Waals surface area contributed by atoms with Crippen LogP contribution in [-0.2, 0) is 4.79 Å². The monoisotopic (exact) mass is 211 g/mol. The summed E-state index contributed by atoms with van der Waals surface area (Å²) in [7, 11) is 0. The lowest BCUT2D eigenvalue weighted by Crippen LogP contribution is -2.43. The second-order valence-electron chi connectivity index (χ2n) is 4.22. The van der Waals surface area contributed by atoms with E-state index >= 15 is 0 Å². The van der Waals surface area contributed by atoms with Crippen molar-refractivity contribution >= 4 is 5.91 Å². The quantitative estimate of drug-likeness (QED) is 0.617. The Morgan fingerprint density at radius 1 is 1.13 bits per heavy atom. The van der Waals surface area contributed by atoms with Gasteiger partial charge in [-0.05, 0) is 6.42 Å². The molecule has 0 bridgehead atoms. The number of hydrogen-bond donors (Lipinski definition) is 0. The van der Waals surface area contributed by atoms with Gasteiger partial charge in [-0.15, -0.1) is 0 Å². The van der Waals surface area contributed by atoms with E-state index in [0.717, 1.165) is 39.0 Å². The van der Waals surface area contributed by atoms with Crippen LogP contribution in [0.2, 0.25) is 0 Å². The molecular weight excluding hydrogens is 188 g/mol. The van der Waals surface area contributed by atoms with Crippen molar-refractivity contribution in [2.75, 3.05) is 26.2 Å². The SMILES string of the molecule is CCCCCCCC(=O)N1CC[N]CC1. The van der Waals surface area contributed by atoms with Crippen LogP contribution in [0.4, 0.5) is 0 Å². The number of piperazine rings is 1. The molecule has 0 N–H and O–H groups in total. The maximum atomic E-state index is 11.7. The number of rotatable bonds is 6. The molecule has 0 saturated carbocycles. The van der Waals surface area contributed by atoms with E-state index in [9.17, 15) is 4.79 Å². The Morgan fingerprint density at radius 2 is 1.80 bits per heavy atom. The first-order valence-corrected chi connectivity index (χ1v) is 6.25. The average Bonchev–Trinajstić information content (AvgIpc) is 2.30. The summed E-state index contributed by atoms with van der Waals surface area (Å²) in [5.74, 6) is 0.335. The van der Waals surface area contributed by atoms with Gasteiger partial charge in [0.2, 0.25) is 5.91 Å². The van der Waals surface area contributed by atoms with Gasteiger partial charge in [-0.3, -0.25) is 4.79 Å². The summed E-state index contributed by atoms with van der Waals surface area (Å²) in [6, 6.07) is 0. The third kappa shape index (κ3) is 5.17. The molecule has 0 aromatic carbocycles. The maximum absolute atomic E-state index is 11.7. The summed E-state index contributed by atoms with van der Waals surface area (Å²) in [5, 5.41) is 4.24. The zero-order valence-corrected chi connectivity index (χ0v) is 9.87. The smallest absolute Gasteiger partial charge is 0.222 e. The first kappa shape index (κ1) is 12.5. The summed E-state index contributed by atoms with van der Waals surface area (Å²) in [6.07, 6.45) is 6.85. The van der Waals surface area contributed by atoms with E-state index in [1.165, 1.54) is 25.7 Å². The summed E-state index contributed by atoms with van der Waals surface area (Å²) >= 11 is 0. The van der Waals surface area contributed by atoms with Gasteiger partial charge in [0, 0.05) is 32.6 Å². The van der Waals surface area contributed by atoms with E-state index in [4.69, 9.17) is 0 Å². The molecule has 0 spiro atoms. The highest BCUT2D eigenvalue weighted by atomic mass is 16.2. The lowest BCUT2D eigenvalue weighted by atomic mass is 10.1. The minimum Gasteiger partial charge on any atom is -0.340 e. The van der Waals surface area contributed by atoms with E-state index in [2.05, 4.69) is 12.2 Å². The van der Waals surface area contributed by atoms with Crippen LogP contribution in [-0.4, -0.2) is 37.0 Å². The Bertz CT molecular complexity index is 176. The van der Waals surface area contributed by atoms with Gasteiger partial charge in [0.25, 0.3) is 0 Å². The first-order chi connectivity index (χ1) is 7.34. The molecule has 0 aromatic rings. The van der Waals surface area contributed by atoms with E-state index in [1.807, 2.05) is 4.90 Å². The lowest BCUT2D eigenvalue weighted by molar-refractivity contribution is -0.131. The van der Waals surface area contributed by atoms with Crippen LogP contribution in [0.5, 0.6) is 0 Å². The molecule has 1 rings (SSSR count). The minimum atomic E-state index is 0.335. The molecule has 1 saturated heterocycles. The molecule has 15 heavy (non-hydrogen) atoms. The Kier molecular flexibility index (Phi) is 6.41. The van der Waals surface area contributed by atoms with Gasteiger partial charge in [-0.2, -0.15) is 0 Å². The molecule has 3 heteroatoms. The fourth-order valence-electron chi connectivity index (χ4n) is 1.89. The van der Waals surface area contributed by atoms with Crippen molar-refractivity contribution in [1.82, 2.24) is 10.2 Å². The van der Waals surface area contributed by atoms with Crippen LogP contribution in [0.3, 0.4) is 0 Å².